The molecule has 0 fully saturated rings. The van der Waals surface area contributed by atoms with E-state index in [-0.39, 0.29) is 0 Å². The molecule has 8 aromatic rings. The number of hydrogen-bond acceptors (Lipinski definition) is 0. The highest BCUT2D eigenvalue weighted by Gasteiger charge is 2.52. The van der Waals surface area contributed by atoms with Crippen molar-refractivity contribution in [1.82, 2.24) is 0 Å². The van der Waals surface area contributed by atoms with Gasteiger partial charge >= 0.3 is 0 Å². The normalized spacial score (nSPS) is 13.2. The lowest BCUT2D eigenvalue weighted by molar-refractivity contribution is 0.795. The molecule has 0 atom stereocenters. The predicted molar refractivity (Wildman–Crippen MR) is 220 cm³/mol. The van der Waals surface area contributed by atoms with Gasteiger partial charge in [-0.05, 0) is 104 Å². The summed E-state index contributed by atoms with van der Waals surface area (Å²) in [5.41, 5.74) is 10.5. The molecule has 0 aromatic heterocycles. The third-order valence-electron chi connectivity index (χ3n) is 10.6. The fourth-order valence-electron chi connectivity index (χ4n) is 8.60. The second-order valence-corrected chi connectivity index (χ2v) is 17.8. The molecular weight excluding hydrogens is 650 g/mol. The van der Waals surface area contributed by atoms with Gasteiger partial charge in [-0.2, -0.15) is 0 Å². The van der Waals surface area contributed by atoms with E-state index in [0.717, 1.165) is 0 Å². The fraction of sp³-hybridized carbons (Fsp3) is 0.0204. The zero-order valence-electron chi connectivity index (χ0n) is 28.0. The smallest absolute Gasteiger partial charge is 0.0622 e. The molecule has 0 heterocycles. The molecule has 0 radical (unpaired) electrons. The van der Waals surface area contributed by atoms with Gasteiger partial charge in [-0.3, -0.25) is 0 Å². The van der Waals surface area contributed by atoms with Crippen LogP contribution in [0.15, 0.2) is 206 Å². The molecular formula is C49H34P2. The second kappa shape index (κ2) is 12.4. The first-order valence-corrected chi connectivity index (χ1v) is 20.3. The first kappa shape index (κ1) is 30.4. The van der Waals surface area contributed by atoms with Crippen LogP contribution in [0.5, 0.6) is 0 Å². The van der Waals surface area contributed by atoms with Crippen LogP contribution in [0.4, 0.5) is 0 Å². The van der Waals surface area contributed by atoms with Gasteiger partial charge in [0.15, 0.2) is 0 Å². The van der Waals surface area contributed by atoms with Crippen LogP contribution in [0.3, 0.4) is 0 Å². The Morgan fingerprint density at radius 1 is 0.235 bits per heavy atom. The Morgan fingerprint density at radius 2 is 0.529 bits per heavy atom. The summed E-state index contributed by atoms with van der Waals surface area (Å²) in [6.07, 6.45) is 0. The average molecular weight is 685 g/mol. The third-order valence-corrected chi connectivity index (χ3v) is 15.5. The number of rotatable bonds is 6. The van der Waals surface area contributed by atoms with E-state index in [9.17, 15) is 0 Å². The maximum atomic E-state index is 2.58. The largest absolute Gasteiger partial charge is 0.0726 e. The van der Waals surface area contributed by atoms with Crippen LogP contribution in [0, 0.1) is 0 Å². The minimum atomic E-state index is -0.768. The van der Waals surface area contributed by atoms with E-state index in [1.807, 2.05) is 0 Å². The minimum Gasteiger partial charge on any atom is -0.0622 e. The van der Waals surface area contributed by atoms with Crippen molar-refractivity contribution in [3.8, 4) is 22.3 Å². The Balaban J connectivity index is 1.26. The molecule has 0 amide bonds. The van der Waals surface area contributed by atoms with Crippen LogP contribution < -0.4 is 31.8 Å². The van der Waals surface area contributed by atoms with Gasteiger partial charge in [0.25, 0.3) is 0 Å². The fourth-order valence-corrected chi connectivity index (χ4v) is 13.2. The summed E-state index contributed by atoms with van der Waals surface area (Å²) in [7, 11) is -1.54. The van der Waals surface area contributed by atoms with Gasteiger partial charge in [0.2, 0.25) is 0 Å². The minimum absolute atomic E-state index is 0.424. The molecule has 0 N–H and O–H groups in total. The Bertz CT molecular complexity index is 2270. The lowest BCUT2D eigenvalue weighted by Crippen LogP contribution is -2.29. The Kier molecular flexibility index (Phi) is 7.42. The molecule has 2 aliphatic rings. The molecule has 0 saturated heterocycles. The molecule has 8 aromatic carbocycles. The molecule has 2 aliphatic carbocycles. The highest BCUT2D eigenvalue weighted by atomic mass is 31.1. The van der Waals surface area contributed by atoms with Crippen LogP contribution in [-0.4, -0.2) is 0 Å². The Hall–Kier alpha value is -5.38. The monoisotopic (exact) mass is 684 g/mol. The van der Waals surface area contributed by atoms with E-state index < -0.39 is 21.3 Å². The van der Waals surface area contributed by atoms with Crippen molar-refractivity contribution in [1.29, 1.82) is 0 Å². The number of fused-ring (bicyclic) bond motifs is 10. The molecule has 2 heteroatoms. The van der Waals surface area contributed by atoms with Gasteiger partial charge in [-0.1, -0.05) is 194 Å². The molecule has 1 spiro atoms. The summed E-state index contributed by atoms with van der Waals surface area (Å²) in [4.78, 5) is 0. The molecule has 51 heavy (non-hydrogen) atoms. The van der Waals surface area contributed by atoms with E-state index in [2.05, 4.69) is 206 Å². The van der Waals surface area contributed by atoms with Crippen LogP contribution in [0.1, 0.15) is 22.3 Å². The Morgan fingerprint density at radius 3 is 0.882 bits per heavy atom. The van der Waals surface area contributed by atoms with Crippen LogP contribution >= 0.6 is 15.8 Å². The molecule has 10 rings (SSSR count). The molecule has 0 bridgehead atoms. The molecule has 0 saturated carbocycles. The van der Waals surface area contributed by atoms with Crippen molar-refractivity contribution in [2.24, 2.45) is 0 Å². The van der Waals surface area contributed by atoms with E-state index in [0.29, 0.717) is 0 Å². The average Bonchev–Trinajstić information content (AvgIpc) is 3.67. The zero-order chi connectivity index (χ0) is 33.8. The van der Waals surface area contributed by atoms with Gasteiger partial charge in [0.05, 0.1) is 5.41 Å². The van der Waals surface area contributed by atoms with Crippen molar-refractivity contribution in [2.45, 2.75) is 5.41 Å². The molecule has 240 valence electrons. The SMILES string of the molecule is c1ccc(P(c2ccccc2)c2ccc3c(c2)C2(c4ccccc4-c4ccccc42)c2cc(P(c4ccccc4)c4ccccc4)ccc2-3)cc1. The maximum Gasteiger partial charge on any atom is 0.0726 e. The summed E-state index contributed by atoms with van der Waals surface area (Å²) in [6, 6.07) is 77.5. The van der Waals surface area contributed by atoms with E-state index in [1.165, 1.54) is 76.3 Å². The quantitative estimate of drug-likeness (QED) is 0.153. The summed E-state index contributed by atoms with van der Waals surface area (Å²) in [5.74, 6) is 0. The summed E-state index contributed by atoms with van der Waals surface area (Å²) in [5, 5.41) is 8.24. The first-order chi connectivity index (χ1) is 25.3. The maximum absolute atomic E-state index is 2.58. The highest BCUT2D eigenvalue weighted by Crippen LogP contribution is 2.63. The zero-order valence-corrected chi connectivity index (χ0v) is 29.8. The summed E-state index contributed by atoms with van der Waals surface area (Å²) >= 11 is 0. The van der Waals surface area contributed by atoms with Crippen LogP contribution in [0.2, 0.25) is 0 Å². The van der Waals surface area contributed by atoms with Crippen molar-refractivity contribution in [3.63, 3.8) is 0 Å². The number of benzene rings is 8. The topological polar surface area (TPSA) is 0 Å². The molecule has 0 aliphatic heterocycles. The van der Waals surface area contributed by atoms with Crippen molar-refractivity contribution >= 4 is 47.7 Å². The molecule has 0 nitrogen and oxygen atoms in total. The van der Waals surface area contributed by atoms with Gasteiger partial charge in [0, 0.05) is 0 Å². The van der Waals surface area contributed by atoms with Crippen LogP contribution in [-0.2, 0) is 5.41 Å². The highest BCUT2D eigenvalue weighted by molar-refractivity contribution is 7.80. The van der Waals surface area contributed by atoms with Crippen LogP contribution in [0.25, 0.3) is 22.3 Å². The first-order valence-electron chi connectivity index (χ1n) is 17.6. The van der Waals surface area contributed by atoms with Crippen molar-refractivity contribution < 1.29 is 0 Å². The van der Waals surface area contributed by atoms with Crippen molar-refractivity contribution in [3.05, 3.63) is 229 Å². The van der Waals surface area contributed by atoms with E-state index in [1.54, 1.807) is 0 Å². The predicted octanol–water partition coefficient (Wildman–Crippen LogP) is 9.55. The summed E-state index contributed by atoms with van der Waals surface area (Å²) in [6.45, 7) is 0. The second-order valence-electron chi connectivity index (χ2n) is 13.3. The lowest BCUT2D eigenvalue weighted by atomic mass is 9.70. The van der Waals surface area contributed by atoms with Gasteiger partial charge in [-0.25, -0.2) is 0 Å². The van der Waals surface area contributed by atoms with Gasteiger partial charge < -0.3 is 0 Å². The third kappa shape index (κ3) is 4.75. The standard InChI is InChI=1S/C49H34P2/c1-5-17-35(18-6-1)50(36-19-7-2-8-20-36)39-29-31-43-44-32-30-40(51(37-21-9-3-10-22-37)38-23-11-4-12-24-38)34-48(44)49(47(43)33-39)45-27-15-13-25-41(45)42-26-14-16-28-46(42)49/h1-34H. The van der Waals surface area contributed by atoms with E-state index >= 15 is 0 Å². The number of hydrogen-bond donors (Lipinski definition) is 0. The van der Waals surface area contributed by atoms with E-state index in [4.69, 9.17) is 0 Å². The molecule has 0 unspecified atom stereocenters. The van der Waals surface area contributed by atoms with Crippen molar-refractivity contribution in [2.75, 3.05) is 0 Å². The summed E-state index contributed by atoms with van der Waals surface area (Å²) < 4.78 is 0. The van der Waals surface area contributed by atoms with Gasteiger partial charge in [-0.15, -0.1) is 0 Å². The Labute approximate surface area is 302 Å². The lowest BCUT2D eigenvalue weighted by Gasteiger charge is -2.32. The van der Waals surface area contributed by atoms with Gasteiger partial charge in [0.1, 0.15) is 0 Å².